The first kappa shape index (κ1) is 14.1. The molecule has 0 aromatic heterocycles. The molecule has 0 heterocycles. The van der Waals surface area contributed by atoms with Gasteiger partial charge < -0.3 is 0 Å². The largest absolute Gasteiger partial charge is 0.278 e. The molecular weight excluding hydrogens is 312 g/mol. The molecule has 3 nitrogen and oxygen atoms in total. The van der Waals surface area contributed by atoms with Gasteiger partial charge in [-0.1, -0.05) is 35.3 Å². The zero-order valence-corrected chi connectivity index (χ0v) is 11.7. The Hall–Kier alpha value is -1.30. The molecule has 0 spiro atoms. The van der Waals surface area contributed by atoms with Crippen LogP contribution in [0.15, 0.2) is 47.4 Å². The van der Waals surface area contributed by atoms with E-state index >= 15 is 0 Å². The topological polar surface area (TPSA) is 46.2 Å². The van der Waals surface area contributed by atoms with Crippen molar-refractivity contribution in [1.29, 1.82) is 0 Å². The molecular formula is C12H8Cl2FNO2S. The number of rotatable bonds is 3. The average Bonchev–Trinajstić information content (AvgIpc) is 2.35. The van der Waals surface area contributed by atoms with E-state index in [2.05, 4.69) is 4.72 Å². The molecule has 7 heteroatoms. The van der Waals surface area contributed by atoms with Crippen molar-refractivity contribution in [1.82, 2.24) is 0 Å². The Balaban J connectivity index is 2.39. The second-order valence-electron chi connectivity index (χ2n) is 3.66. The van der Waals surface area contributed by atoms with Crippen molar-refractivity contribution in [3.63, 3.8) is 0 Å². The number of benzene rings is 2. The Bertz CT molecular complexity index is 719. The van der Waals surface area contributed by atoms with E-state index in [1.807, 2.05) is 0 Å². The molecule has 0 atom stereocenters. The lowest BCUT2D eigenvalue weighted by atomic mass is 10.3. The third kappa shape index (κ3) is 3.18. The predicted molar refractivity (Wildman–Crippen MR) is 73.7 cm³/mol. The van der Waals surface area contributed by atoms with Gasteiger partial charge in [-0.25, -0.2) is 12.8 Å². The third-order valence-corrected chi connectivity index (χ3v) is 4.48. The Kier molecular flexibility index (Phi) is 3.99. The van der Waals surface area contributed by atoms with Gasteiger partial charge in [-0.15, -0.1) is 0 Å². The van der Waals surface area contributed by atoms with Gasteiger partial charge in [0.15, 0.2) is 0 Å². The Labute approximate surface area is 120 Å². The highest BCUT2D eigenvalue weighted by atomic mass is 35.5. The summed E-state index contributed by atoms with van der Waals surface area (Å²) in [6.07, 6.45) is 0. The first-order valence-electron chi connectivity index (χ1n) is 5.12. The van der Waals surface area contributed by atoms with Crippen molar-refractivity contribution >= 4 is 38.9 Å². The summed E-state index contributed by atoms with van der Waals surface area (Å²) in [7, 11) is -3.91. The van der Waals surface area contributed by atoms with Crippen LogP contribution in [0.1, 0.15) is 0 Å². The minimum atomic E-state index is -3.91. The van der Waals surface area contributed by atoms with E-state index < -0.39 is 15.8 Å². The summed E-state index contributed by atoms with van der Waals surface area (Å²) in [6, 6.07) is 9.21. The van der Waals surface area contributed by atoms with Gasteiger partial charge in [0.1, 0.15) is 5.82 Å². The van der Waals surface area contributed by atoms with Gasteiger partial charge in [-0.2, -0.15) is 0 Å². The summed E-state index contributed by atoms with van der Waals surface area (Å²) in [5, 5.41) is 0.310. The maximum atomic E-state index is 13.0. The monoisotopic (exact) mass is 319 g/mol. The quantitative estimate of drug-likeness (QED) is 0.931. The summed E-state index contributed by atoms with van der Waals surface area (Å²) >= 11 is 11.7. The molecule has 0 unspecified atom stereocenters. The molecule has 2 aromatic carbocycles. The fraction of sp³-hybridized carbons (Fsp3) is 0. The van der Waals surface area contributed by atoms with Crippen LogP contribution >= 0.6 is 23.2 Å². The number of hydrogen-bond acceptors (Lipinski definition) is 2. The van der Waals surface area contributed by atoms with Gasteiger partial charge in [-0.05, 0) is 30.3 Å². The van der Waals surface area contributed by atoms with Gasteiger partial charge in [-0.3, -0.25) is 4.72 Å². The zero-order chi connectivity index (χ0) is 14.0. The van der Waals surface area contributed by atoms with E-state index in [-0.39, 0.29) is 20.6 Å². The van der Waals surface area contributed by atoms with Crippen LogP contribution in [0.5, 0.6) is 0 Å². The van der Waals surface area contributed by atoms with E-state index in [9.17, 15) is 12.8 Å². The lowest BCUT2D eigenvalue weighted by Gasteiger charge is -2.10. The van der Waals surface area contributed by atoms with Crippen LogP contribution in [0, 0.1) is 5.82 Å². The molecule has 0 bridgehead atoms. The van der Waals surface area contributed by atoms with E-state index in [1.165, 1.54) is 24.3 Å². The summed E-state index contributed by atoms with van der Waals surface area (Å²) in [4.78, 5) is -0.191. The molecule has 0 amide bonds. The van der Waals surface area contributed by atoms with Crippen LogP contribution in [0.4, 0.5) is 10.1 Å². The number of sulfonamides is 1. The van der Waals surface area contributed by atoms with Crippen molar-refractivity contribution in [2.45, 2.75) is 4.90 Å². The standard InChI is InChI=1S/C12H8Cl2FNO2S/c13-10-5-2-6-11(12(10)14)16-19(17,18)9-4-1-3-8(15)7-9/h1-7,16H. The van der Waals surface area contributed by atoms with Crippen LogP contribution in [-0.2, 0) is 10.0 Å². The van der Waals surface area contributed by atoms with E-state index in [4.69, 9.17) is 23.2 Å². The van der Waals surface area contributed by atoms with Crippen molar-refractivity contribution in [2.24, 2.45) is 0 Å². The molecule has 2 rings (SSSR count). The maximum Gasteiger partial charge on any atom is 0.262 e. The number of hydrogen-bond donors (Lipinski definition) is 1. The van der Waals surface area contributed by atoms with Crippen LogP contribution in [-0.4, -0.2) is 8.42 Å². The lowest BCUT2D eigenvalue weighted by molar-refractivity contribution is 0.595. The number of nitrogens with one attached hydrogen (secondary N) is 1. The number of halogens is 3. The van der Waals surface area contributed by atoms with Gasteiger partial charge in [0.2, 0.25) is 0 Å². The molecule has 0 fully saturated rings. The number of anilines is 1. The SMILES string of the molecule is O=S(=O)(Nc1cccc(Cl)c1Cl)c1cccc(F)c1. The van der Waals surface area contributed by atoms with Crippen molar-refractivity contribution in [3.8, 4) is 0 Å². The van der Waals surface area contributed by atoms with E-state index in [1.54, 1.807) is 6.07 Å². The highest BCUT2D eigenvalue weighted by molar-refractivity contribution is 7.92. The summed E-state index contributed by atoms with van der Waals surface area (Å²) in [5.41, 5.74) is 0.137. The Morgan fingerprint density at radius 3 is 2.42 bits per heavy atom. The smallest absolute Gasteiger partial charge is 0.262 e. The van der Waals surface area contributed by atoms with Crippen LogP contribution in [0.3, 0.4) is 0 Å². The molecule has 0 saturated carbocycles. The molecule has 100 valence electrons. The Morgan fingerprint density at radius 1 is 1.05 bits per heavy atom. The third-order valence-electron chi connectivity index (χ3n) is 2.30. The first-order chi connectivity index (χ1) is 8.90. The normalized spacial score (nSPS) is 11.3. The predicted octanol–water partition coefficient (Wildman–Crippen LogP) is 3.93. The second-order valence-corrected chi connectivity index (χ2v) is 6.13. The van der Waals surface area contributed by atoms with Gasteiger partial charge in [0.05, 0.1) is 20.6 Å². The molecule has 19 heavy (non-hydrogen) atoms. The fourth-order valence-corrected chi connectivity index (χ4v) is 2.93. The summed E-state index contributed by atoms with van der Waals surface area (Å²) in [6.45, 7) is 0. The zero-order valence-electron chi connectivity index (χ0n) is 9.40. The minimum absolute atomic E-state index is 0.0872. The van der Waals surface area contributed by atoms with Crippen molar-refractivity contribution in [3.05, 3.63) is 58.3 Å². The van der Waals surface area contributed by atoms with E-state index in [0.29, 0.717) is 0 Å². The van der Waals surface area contributed by atoms with Crippen LogP contribution in [0.25, 0.3) is 0 Å². The van der Waals surface area contributed by atoms with Crippen molar-refractivity contribution in [2.75, 3.05) is 4.72 Å². The van der Waals surface area contributed by atoms with Crippen LogP contribution in [0.2, 0.25) is 10.0 Å². The molecule has 0 saturated heterocycles. The summed E-state index contributed by atoms with van der Waals surface area (Å²) < 4.78 is 39.4. The highest BCUT2D eigenvalue weighted by Gasteiger charge is 2.17. The molecule has 2 aromatic rings. The van der Waals surface area contributed by atoms with Crippen molar-refractivity contribution < 1.29 is 12.8 Å². The summed E-state index contributed by atoms with van der Waals surface area (Å²) in [5.74, 6) is -0.639. The highest BCUT2D eigenvalue weighted by Crippen LogP contribution is 2.31. The van der Waals surface area contributed by atoms with Crippen LogP contribution < -0.4 is 4.72 Å². The van der Waals surface area contributed by atoms with Gasteiger partial charge in [0, 0.05) is 0 Å². The molecule has 0 radical (unpaired) electrons. The maximum absolute atomic E-state index is 13.0. The molecule has 0 aliphatic heterocycles. The average molecular weight is 320 g/mol. The molecule has 0 aliphatic rings. The van der Waals surface area contributed by atoms with E-state index in [0.717, 1.165) is 12.1 Å². The molecule has 0 aliphatic carbocycles. The first-order valence-corrected chi connectivity index (χ1v) is 7.36. The fourth-order valence-electron chi connectivity index (χ4n) is 1.42. The van der Waals surface area contributed by atoms with Gasteiger partial charge in [0.25, 0.3) is 10.0 Å². The Morgan fingerprint density at radius 2 is 1.74 bits per heavy atom. The second kappa shape index (κ2) is 5.36. The van der Waals surface area contributed by atoms with Gasteiger partial charge >= 0.3 is 0 Å². The lowest BCUT2D eigenvalue weighted by Crippen LogP contribution is -2.13. The minimum Gasteiger partial charge on any atom is -0.278 e. The molecule has 1 N–H and O–H groups in total.